The van der Waals surface area contributed by atoms with Crippen LogP contribution in [-0.4, -0.2) is 33.6 Å². The lowest BCUT2D eigenvalue weighted by Crippen LogP contribution is -2.19. The van der Waals surface area contributed by atoms with Gasteiger partial charge in [0, 0.05) is 20.1 Å². The quantitative estimate of drug-likeness (QED) is 0.623. The smallest absolute Gasteiger partial charge is 0.161 e. The van der Waals surface area contributed by atoms with Gasteiger partial charge in [-0.1, -0.05) is 6.07 Å². The third kappa shape index (κ3) is 3.61. The molecule has 0 bridgehead atoms. The highest BCUT2D eigenvalue weighted by Gasteiger charge is 2.10. The van der Waals surface area contributed by atoms with Gasteiger partial charge in [0.2, 0.25) is 0 Å². The predicted octanol–water partition coefficient (Wildman–Crippen LogP) is 1.58. The topological polar surface area (TPSA) is 39.7 Å². The van der Waals surface area contributed by atoms with Gasteiger partial charge in [-0.3, -0.25) is 5.32 Å². The molecule has 1 heterocycles. The van der Waals surface area contributed by atoms with Crippen LogP contribution in [0.1, 0.15) is 12.0 Å². The molecule has 17 heavy (non-hydrogen) atoms. The van der Waals surface area contributed by atoms with Crippen LogP contribution in [0.25, 0.3) is 0 Å². The van der Waals surface area contributed by atoms with Gasteiger partial charge in [-0.15, -0.1) is 0 Å². The summed E-state index contributed by atoms with van der Waals surface area (Å²) in [6, 6.07) is 6.14. The second-order valence-electron chi connectivity index (χ2n) is 4.01. The monoisotopic (exact) mass is 237 g/mol. The maximum Gasteiger partial charge on any atom is 0.161 e. The molecule has 0 unspecified atom stereocenters. The Kier molecular flexibility index (Phi) is 4.64. The maximum atomic E-state index is 5.65. The standard InChI is InChI=1S/C13H19NO3/c1-15-10-14-6-5-11-3-4-12-13(9-11)17-8-2-7-16-12/h3-4,9,14H,2,5-8,10H2,1H3. The van der Waals surface area contributed by atoms with Gasteiger partial charge in [-0.05, 0) is 24.1 Å². The molecule has 0 aromatic heterocycles. The second-order valence-corrected chi connectivity index (χ2v) is 4.01. The van der Waals surface area contributed by atoms with Crippen LogP contribution >= 0.6 is 0 Å². The van der Waals surface area contributed by atoms with Crippen molar-refractivity contribution in [3.63, 3.8) is 0 Å². The Morgan fingerprint density at radius 2 is 2.06 bits per heavy atom. The van der Waals surface area contributed by atoms with Crippen LogP contribution in [0.15, 0.2) is 18.2 Å². The lowest BCUT2D eigenvalue weighted by molar-refractivity contribution is 0.176. The van der Waals surface area contributed by atoms with Gasteiger partial charge in [-0.2, -0.15) is 0 Å². The highest BCUT2D eigenvalue weighted by atomic mass is 16.5. The highest BCUT2D eigenvalue weighted by Crippen LogP contribution is 2.30. The first-order valence-corrected chi connectivity index (χ1v) is 5.98. The molecular weight excluding hydrogens is 218 g/mol. The number of benzene rings is 1. The van der Waals surface area contributed by atoms with Gasteiger partial charge >= 0.3 is 0 Å². The SMILES string of the molecule is COCNCCc1ccc2c(c1)OCCCO2. The third-order valence-corrected chi connectivity index (χ3v) is 2.65. The van der Waals surface area contributed by atoms with Crippen molar-refractivity contribution in [3.8, 4) is 11.5 Å². The van der Waals surface area contributed by atoms with Gasteiger partial charge < -0.3 is 14.2 Å². The molecule has 1 N–H and O–H groups in total. The van der Waals surface area contributed by atoms with Gasteiger partial charge in [-0.25, -0.2) is 0 Å². The summed E-state index contributed by atoms with van der Waals surface area (Å²) in [7, 11) is 1.68. The van der Waals surface area contributed by atoms with E-state index in [4.69, 9.17) is 14.2 Å². The highest BCUT2D eigenvalue weighted by molar-refractivity contribution is 5.43. The minimum atomic E-state index is 0.588. The minimum absolute atomic E-state index is 0.588. The summed E-state index contributed by atoms with van der Waals surface area (Å²) in [4.78, 5) is 0. The van der Waals surface area contributed by atoms with Crippen LogP contribution in [0, 0.1) is 0 Å². The summed E-state index contributed by atoms with van der Waals surface area (Å²) in [5, 5.41) is 3.18. The first kappa shape index (κ1) is 12.2. The molecule has 1 aliphatic rings. The number of methoxy groups -OCH3 is 1. The number of hydrogen-bond acceptors (Lipinski definition) is 4. The Morgan fingerprint density at radius 3 is 2.88 bits per heavy atom. The van der Waals surface area contributed by atoms with E-state index < -0.39 is 0 Å². The second kappa shape index (κ2) is 6.47. The summed E-state index contributed by atoms with van der Waals surface area (Å²) < 4.78 is 16.2. The molecule has 1 aliphatic heterocycles. The molecule has 0 saturated carbocycles. The molecule has 0 saturated heterocycles. The third-order valence-electron chi connectivity index (χ3n) is 2.65. The molecular formula is C13H19NO3. The van der Waals surface area contributed by atoms with E-state index in [1.807, 2.05) is 6.07 Å². The number of hydrogen-bond donors (Lipinski definition) is 1. The molecule has 0 atom stereocenters. The van der Waals surface area contributed by atoms with Gasteiger partial charge in [0.05, 0.1) is 19.9 Å². The summed E-state index contributed by atoms with van der Waals surface area (Å²) in [5.74, 6) is 1.72. The van der Waals surface area contributed by atoms with Gasteiger partial charge in [0.25, 0.3) is 0 Å². The van der Waals surface area contributed by atoms with Crippen molar-refractivity contribution in [2.45, 2.75) is 12.8 Å². The van der Waals surface area contributed by atoms with Crippen molar-refractivity contribution in [2.24, 2.45) is 0 Å². The van der Waals surface area contributed by atoms with Crippen LogP contribution in [0.4, 0.5) is 0 Å². The van der Waals surface area contributed by atoms with Crippen molar-refractivity contribution in [3.05, 3.63) is 23.8 Å². The fourth-order valence-electron chi connectivity index (χ4n) is 1.77. The van der Waals surface area contributed by atoms with E-state index in [-0.39, 0.29) is 0 Å². The van der Waals surface area contributed by atoms with Crippen molar-refractivity contribution in [1.29, 1.82) is 0 Å². The summed E-state index contributed by atoms with van der Waals surface area (Å²) in [5.41, 5.74) is 1.25. The van der Waals surface area contributed by atoms with Crippen LogP contribution in [0.2, 0.25) is 0 Å². The van der Waals surface area contributed by atoms with E-state index in [1.54, 1.807) is 7.11 Å². The zero-order valence-electron chi connectivity index (χ0n) is 10.2. The molecule has 0 fully saturated rings. The van der Waals surface area contributed by atoms with Crippen molar-refractivity contribution < 1.29 is 14.2 Å². The Morgan fingerprint density at radius 1 is 1.24 bits per heavy atom. The molecule has 0 amide bonds. The van der Waals surface area contributed by atoms with E-state index >= 15 is 0 Å². The number of ether oxygens (including phenoxy) is 3. The van der Waals surface area contributed by atoms with E-state index in [0.717, 1.165) is 44.1 Å². The van der Waals surface area contributed by atoms with Crippen molar-refractivity contribution >= 4 is 0 Å². The summed E-state index contributed by atoms with van der Waals surface area (Å²) in [6.45, 7) is 2.96. The first-order chi connectivity index (χ1) is 8.40. The minimum Gasteiger partial charge on any atom is -0.490 e. The Hall–Kier alpha value is -1.26. The van der Waals surface area contributed by atoms with Crippen LogP contribution in [0.5, 0.6) is 11.5 Å². The fourth-order valence-corrected chi connectivity index (χ4v) is 1.77. The van der Waals surface area contributed by atoms with Crippen LogP contribution < -0.4 is 14.8 Å². The van der Waals surface area contributed by atoms with Gasteiger partial charge in [0.15, 0.2) is 11.5 Å². The Balaban J connectivity index is 1.93. The van der Waals surface area contributed by atoms with Gasteiger partial charge in [0.1, 0.15) is 0 Å². The zero-order chi connectivity index (χ0) is 11.9. The molecule has 4 nitrogen and oxygen atoms in total. The molecule has 94 valence electrons. The zero-order valence-corrected chi connectivity index (χ0v) is 10.2. The van der Waals surface area contributed by atoms with Crippen molar-refractivity contribution in [1.82, 2.24) is 5.32 Å². The molecule has 0 aliphatic carbocycles. The Labute approximate surface area is 102 Å². The molecule has 1 aromatic carbocycles. The van der Waals surface area contributed by atoms with E-state index in [9.17, 15) is 0 Å². The average molecular weight is 237 g/mol. The largest absolute Gasteiger partial charge is 0.490 e. The molecule has 0 spiro atoms. The summed E-state index contributed by atoms with van der Waals surface area (Å²) in [6.07, 6.45) is 1.90. The number of rotatable bonds is 5. The Bertz CT molecular complexity index is 355. The van der Waals surface area contributed by atoms with E-state index in [2.05, 4.69) is 17.4 Å². The average Bonchev–Trinajstić information content (AvgIpc) is 2.59. The maximum absolute atomic E-state index is 5.65. The molecule has 0 radical (unpaired) electrons. The molecule has 2 rings (SSSR count). The normalized spacial score (nSPS) is 14.4. The summed E-state index contributed by atoms with van der Waals surface area (Å²) >= 11 is 0. The molecule has 4 heteroatoms. The lowest BCUT2D eigenvalue weighted by atomic mass is 10.1. The number of fused-ring (bicyclic) bond motifs is 1. The van der Waals surface area contributed by atoms with Crippen LogP contribution in [-0.2, 0) is 11.2 Å². The van der Waals surface area contributed by atoms with Crippen LogP contribution in [0.3, 0.4) is 0 Å². The fraction of sp³-hybridized carbons (Fsp3) is 0.538. The van der Waals surface area contributed by atoms with E-state index in [0.29, 0.717) is 6.73 Å². The van der Waals surface area contributed by atoms with E-state index in [1.165, 1.54) is 5.56 Å². The molecule has 1 aromatic rings. The predicted molar refractivity (Wildman–Crippen MR) is 65.6 cm³/mol. The number of nitrogens with one attached hydrogen (secondary N) is 1. The van der Waals surface area contributed by atoms with Crippen molar-refractivity contribution in [2.75, 3.05) is 33.6 Å². The lowest BCUT2D eigenvalue weighted by Gasteiger charge is -2.09. The first-order valence-electron chi connectivity index (χ1n) is 5.98.